The zero-order valence-electron chi connectivity index (χ0n) is 8.30. The molecule has 1 aliphatic rings. The summed E-state index contributed by atoms with van der Waals surface area (Å²) in [4.78, 5) is 22.4. The van der Waals surface area contributed by atoms with Gasteiger partial charge in [-0.3, -0.25) is 14.9 Å². The molecular formula is C11H9BrFNO2. The molecule has 1 aromatic rings. The number of amides is 2. The molecule has 0 aliphatic carbocycles. The zero-order chi connectivity index (χ0) is 11.8. The molecule has 1 unspecified atom stereocenters. The lowest BCUT2D eigenvalue weighted by Gasteiger charge is -2.28. The van der Waals surface area contributed by atoms with Crippen LogP contribution in [-0.4, -0.2) is 11.8 Å². The summed E-state index contributed by atoms with van der Waals surface area (Å²) < 4.78 is 15.2. The van der Waals surface area contributed by atoms with Gasteiger partial charge in [0.05, 0.1) is 0 Å². The predicted octanol–water partition coefficient (Wildman–Crippen LogP) is 2.05. The maximum absolute atomic E-state index is 14.4. The smallest absolute Gasteiger partial charge is 0.268 e. The molecule has 1 N–H and O–H groups in total. The van der Waals surface area contributed by atoms with Crippen molar-refractivity contribution in [3.63, 3.8) is 0 Å². The van der Waals surface area contributed by atoms with Gasteiger partial charge in [-0.1, -0.05) is 28.1 Å². The minimum atomic E-state index is -2.09. The van der Waals surface area contributed by atoms with Crippen molar-refractivity contribution in [3.05, 3.63) is 34.3 Å². The molecule has 5 heteroatoms. The average Bonchev–Trinajstić information content (AvgIpc) is 2.25. The van der Waals surface area contributed by atoms with Crippen LogP contribution in [0.3, 0.4) is 0 Å². The van der Waals surface area contributed by atoms with E-state index in [9.17, 15) is 14.0 Å². The third-order valence-corrected chi connectivity index (χ3v) is 3.14. The number of imide groups is 1. The van der Waals surface area contributed by atoms with Crippen molar-refractivity contribution in [1.82, 2.24) is 5.32 Å². The lowest BCUT2D eigenvalue weighted by Crippen LogP contribution is -2.48. The van der Waals surface area contributed by atoms with Crippen LogP contribution in [0, 0.1) is 0 Å². The van der Waals surface area contributed by atoms with Gasteiger partial charge in [-0.15, -0.1) is 0 Å². The number of hydrogen-bond acceptors (Lipinski definition) is 2. The van der Waals surface area contributed by atoms with Gasteiger partial charge in [-0.25, -0.2) is 4.39 Å². The third-order valence-electron chi connectivity index (χ3n) is 2.61. The minimum Gasteiger partial charge on any atom is -0.293 e. The van der Waals surface area contributed by atoms with E-state index < -0.39 is 17.5 Å². The van der Waals surface area contributed by atoms with E-state index in [1.54, 1.807) is 24.3 Å². The van der Waals surface area contributed by atoms with Crippen molar-refractivity contribution >= 4 is 27.7 Å². The Labute approximate surface area is 100 Å². The van der Waals surface area contributed by atoms with Crippen LogP contribution in [0.5, 0.6) is 0 Å². The van der Waals surface area contributed by atoms with Gasteiger partial charge < -0.3 is 0 Å². The minimum absolute atomic E-state index is 0.0261. The molecule has 1 saturated heterocycles. The number of benzene rings is 1. The first-order valence-electron chi connectivity index (χ1n) is 4.81. The van der Waals surface area contributed by atoms with Gasteiger partial charge in [0.1, 0.15) is 0 Å². The normalized spacial score (nSPS) is 25.4. The Hall–Kier alpha value is -1.23. The van der Waals surface area contributed by atoms with Gasteiger partial charge in [0, 0.05) is 17.3 Å². The number of piperidine rings is 1. The van der Waals surface area contributed by atoms with Crippen molar-refractivity contribution < 1.29 is 14.0 Å². The molecule has 1 aliphatic heterocycles. The van der Waals surface area contributed by atoms with Gasteiger partial charge >= 0.3 is 0 Å². The standard InChI is InChI=1S/C11H9BrFNO2/c12-8-3-1-7(2-4-8)11(13)6-5-9(15)14-10(11)16/h1-4H,5-6H2,(H,14,15,16). The second-order valence-electron chi connectivity index (χ2n) is 3.69. The van der Waals surface area contributed by atoms with Crippen LogP contribution >= 0.6 is 15.9 Å². The quantitative estimate of drug-likeness (QED) is 0.803. The number of alkyl halides is 1. The topological polar surface area (TPSA) is 46.2 Å². The summed E-state index contributed by atoms with van der Waals surface area (Å²) in [5.74, 6) is -1.29. The highest BCUT2D eigenvalue weighted by Crippen LogP contribution is 2.34. The first kappa shape index (κ1) is 11.3. The summed E-state index contributed by atoms with van der Waals surface area (Å²) >= 11 is 3.23. The molecule has 3 nitrogen and oxygen atoms in total. The maximum Gasteiger partial charge on any atom is 0.268 e. The van der Waals surface area contributed by atoms with Crippen molar-refractivity contribution in [2.24, 2.45) is 0 Å². The highest BCUT2D eigenvalue weighted by atomic mass is 79.9. The summed E-state index contributed by atoms with van der Waals surface area (Å²) in [6.07, 6.45) is -0.0718. The molecular weight excluding hydrogens is 277 g/mol. The van der Waals surface area contributed by atoms with E-state index in [2.05, 4.69) is 15.9 Å². The second kappa shape index (κ2) is 3.97. The third kappa shape index (κ3) is 1.87. The molecule has 1 aromatic carbocycles. The molecule has 0 radical (unpaired) electrons. The molecule has 0 saturated carbocycles. The van der Waals surface area contributed by atoms with Gasteiger partial charge in [0.25, 0.3) is 5.91 Å². The predicted molar refractivity (Wildman–Crippen MR) is 59.3 cm³/mol. The van der Waals surface area contributed by atoms with Crippen LogP contribution in [0.1, 0.15) is 18.4 Å². The van der Waals surface area contributed by atoms with Crippen molar-refractivity contribution in [2.75, 3.05) is 0 Å². The molecule has 1 atom stereocenters. The van der Waals surface area contributed by atoms with Crippen LogP contribution in [0.2, 0.25) is 0 Å². The first-order chi connectivity index (χ1) is 7.52. The molecule has 84 valence electrons. The molecule has 2 rings (SSSR count). The monoisotopic (exact) mass is 285 g/mol. The molecule has 0 aromatic heterocycles. The largest absolute Gasteiger partial charge is 0.293 e. The van der Waals surface area contributed by atoms with Gasteiger partial charge in [0.15, 0.2) is 0 Å². The fourth-order valence-corrected chi connectivity index (χ4v) is 1.94. The van der Waals surface area contributed by atoms with E-state index in [1.807, 2.05) is 5.32 Å². The Morgan fingerprint density at radius 3 is 2.44 bits per heavy atom. The Bertz CT molecular complexity index is 446. The maximum atomic E-state index is 14.4. The Morgan fingerprint density at radius 2 is 1.88 bits per heavy atom. The summed E-state index contributed by atoms with van der Waals surface area (Å²) in [7, 11) is 0. The van der Waals surface area contributed by atoms with E-state index in [-0.39, 0.29) is 18.4 Å². The number of rotatable bonds is 1. The van der Waals surface area contributed by atoms with Gasteiger partial charge in [-0.05, 0) is 17.7 Å². The van der Waals surface area contributed by atoms with Crippen molar-refractivity contribution in [3.8, 4) is 0 Å². The van der Waals surface area contributed by atoms with E-state index in [0.29, 0.717) is 0 Å². The molecule has 16 heavy (non-hydrogen) atoms. The summed E-state index contributed by atoms with van der Waals surface area (Å²) in [6.45, 7) is 0. The van der Waals surface area contributed by atoms with Crippen molar-refractivity contribution in [2.45, 2.75) is 18.5 Å². The molecule has 0 spiro atoms. The first-order valence-corrected chi connectivity index (χ1v) is 5.61. The average molecular weight is 286 g/mol. The Morgan fingerprint density at radius 1 is 1.25 bits per heavy atom. The number of carbonyl (C=O) groups is 2. The van der Waals surface area contributed by atoms with Crippen LogP contribution in [0.4, 0.5) is 4.39 Å². The van der Waals surface area contributed by atoms with E-state index in [4.69, 9.17) is 0 Å². The van der Waals surface area contributed by atoms with Crippen LogP contribution in [0.25, 0.3) is 0 Å². The summed E-state index contributed by atoms with van der Waals surface area (Å²) in [5.41, 5.74) is -1.81. The number of halogens is 2. The summed E-state index contributed by atoms with van der Waals surface area (Å²) in [6, 6.07) is 6.42. The SMILES string of the molecule is O=C1CCC(F)(c2ccc(Br)cc2)C(=O)N1. The molecule has 0 bridgehead atoms. The Kier molecular flexibility index (Phi) is 2.80. The van der Waals surface area contributed by atoms with E-state index >= 15 is 0 Å². The highest BCUT2D eigenvalue weighted by molar-refractivity contribution is 9.10. The number of hydrogen-bond donors (Lipinski definition) is 1. The second-order valence-corrected chi connectivity index (χ2v) is 4.60. The van der Waals surface area contributed by atoms with Crippen LogP contribution in [0.15, 0.2) is 28.7 Å². The van der Waals surface area contributed by atoms with E-state index in [0.717, 1.165) is 4.47 Å². The van der Waals surface area contributed by atoms with E-state index in [1.165, 1.54) is 0 Å². The lowest BCUT2D eigenvalue weighted by atomic mass is 9.87. The van der Waals surface area contributed by atoms with Crippen molar-refractivity contribution in [1.29, 1.82) is 0 Å². The highest BCUT2D eigenvalue weighted by Gasteiger charge is 2.44. The van der Waals surface area contributed by atoms with Gasteiger partial charge in [0.2, 0.25) is 11.6 Å². The molecule has 1 fully saturated rings. The fraction of sp³-hybridized carbons (Fsp3) is 0.273. The Balaban J connectivity index is 2.34. The van der Waals surface area contributed by atoms with Gasteiger partial charge in [-0.2, -0.15) is 0 Å². The number of nitrogens with one attached hydrogen (secondary N) is 1. The molecule has 1 heterocycles. The number of carbonyl (C=O) groups excluding carboxylic acids is 2. The van der Waals surface area contributed by atoms with Crippen LogP contribution < -0.4 is 5.32 Å². The zero-order valence-corrected chi connectivity index (χ0v) is 9.88. The fourth-order valence-electron chi connectivity index (χ4n) is 1.68. The van der Waals surface area contributed by atoms with Crippen LogP contribution in [-0.2, 0) is 15.3 Å². The molecule has 2 amide bonds. The summed E-state index contributed by atoms with van der Waals surface area (Å²) in [5, 5.41) is 2.02. The lowest BCUT2D eigenvalue weighted by molar-refractivity contribution is -0.144.